The normalized spacial score (nSPS) is 16.1. The minimum absolute atomic E-state index is 1.16. The zero-order valence-electron chi connectivity index (χ0n) is 8.52. The van der Waals surface area contributed by atoms with Crippen molar-refractivity contribution in [3.05, 3.63) is 42.6 Å². The number of nitrogens with zero attached hydrogens (tertiary/aromatic N) is 1. The van der Waals surface area contributed by atoms with Crippen LogP contribution in [0.5, 0.6) is 0 Å². The van der Waals surface area contributed by atoms with Crippen molar-refractivity contribution < 1.29 is 0 Å². The topological polar surface area (TPSA) is 3.24 Å². The number of allylic oxidation sites excluding steroid dienone is 1. The molecule has 2 aromatic rings. The lowest BCUT2D eigenvalue weighted by atomic mass is 10.2. The highest BCUT2D eigenvalue weighted by atomic mass is 32.1. The number of benzene rings is 1. The zero-order valence-corrected chi connectivity index (χ0v) is 9.33. The molecule has 1 aromatic heterocycles. The highest BCUT2D eigenvalue weighted by Crippen LogP contribution is 2.33. The van der Waals surface area contributed by atoms with Crippen molar-refractivity contribution in [3.8, 4) is 0 Å². The molecule has 0 atom stereocenters. The number of hydrogen-bond donors (Lipinski definition) is 0. The molecule has 1 aliphatic heterocycles. The van der Waals surface area contributed by atoms with Crippen molar-refractivity contribution in [2.45, 2.75) is 12.8 Å². The SMILES string of the molecule is C1=CN(c2cc3ccccc3s2)CCC1. The van der Waals surface area contributed by atoms with Gasteiger partial charge in [-0.1, -0.05) is 24.3 Å². The van der Waals surface area contributed by atoms with E-state index < -0.39 is 0 Å². The summed E-state index contributed by atoms with van der Waals surface area (Å²) in [6.45, 7) is 1.16. The Morgan fingerprint density at radius 1 is 1.20 bits per heavy atom. The van der Waals surface area contributed by atoms with Gasteiger partial charge in [-0.15, -0.1) is 11.3 Å². The third-order valence-corrected chi connectivity index (χ3v) is 3.90. The molecule has 2 heterocycles. The molecule has 76 valence electrons. The summed E-state index contributed by atoms with van der Waals surface area (Å²) in [6.07, 6.45) is 6.97. The molecule has 0 radical (unpaired) electrons. The van der Waals surface area contributed by atoms with Gasteiger partial charge in [0.1, 0.15) is 0 Å². The molecule has 1 nitrogen and oxygen atoms in total. The minimum atomic E-state index is 1.16. The van der Waals surface area contributed by atoms with Crippen LogP contribution in [0.15, 0.2) is 42.6 Å². The average molecular weight is 215 g/mol. The first kappa shape index (κ1) is 8.98. The van der Waals surface area contributed by atoms with Crippen molar-refractivity contribution >= 4 is 26.4 Å². The molecule has 3 rings (SSSR count). The first-order valence-electron chi connectivity index (χ1n) is 5.35. The molecule has 0 fully saturated rings. The summed E-state index contributed by atoms with van der Waals surface area (Å²) < 4.78 is 1.38. The molecular weight excluding hydrogens is 202 g/mol. The third-order valence-electron chi connectivity index (χ3n) is 2.75. The van der Waals surface area contributed by atoms with Crippen molar-refractivity contribution in [1.82, 2.24) is 0 Å². The molecule has 0 N–H and O–H groups in total. The number of hydrogen-bond acceptors (Lipinski definition) is 2. The smallest absolute Gasteiger partial charge is 0.0960 e. The van der Waals surface area contributed by atoms with E-state index in [0.29, 0.717) is 0 Å². The second-order valence-electron chi connectivity index (χ2n) is 3.84. The average Bonchev–Trinajstić information content (AvgIpc) is 2.74. The van der Waals surface area contributed by atoms with E-state index in [1.165, 1.54) is 27.9 Å². The minimum Gasteiger partial charge on any atom is -0.340 e. The van der Waals surface area contributed by atoms with Crippen LogP contribution in [0, 0.1) is 0 Å². The van der Waals surface area contributed by atoms with Crippen molar-refractivity contribution in [3.63, 3.8) is 0 Å². The summed E-state index contributed by atoms with van der Waals surface area (Å²) in [5, 5.41) is 2.73. The summed E-state index contributed by atoms with van der Waals surface area (Å²) in [4.78, 5) is 2.36. The Bertz CT molecular complexity index is 465. The lowest BCUT2D eigenvalue weighted by molar-refractivity contribution is 0.791. The van der Waals surface area contributed by atoms with Crippen molar-refractivity contribution in [2.24, 2.45) is 0 Å². The van der Waals surface area contributed by atoms with E-state index in [2.05, 4.69) is 47.5 Å². The van der Waals surface area contributed by atoms with E-state index in [-0.39, 0.29) is 0 Å². The molecule has 1 aliphatic rings. The van der Waals surface area contributed by atoms with E-state index in [0.717, 1.165) is 6.54 Å². The maximum absolute atomic E-state index is 2.36. The Labute approximate surface area is 93.6 Å². The van der Waals surface area contributed by atoms with Gasteiger partial charge in [0.05, 0.1) is 5.00 Å². The Morgan fingerprint density at radius 3 is 2.93 bits per heavy atom. The quantitative estimate of drug-likeness (QED) is 0.694. The molecule has 0 aliphatic carbocycles. The second-order valence-corrected chi connectivity index (χ2v) is 4.91. The van der Waals surface area contributed by atoms with Crippen LogP contribution in [-0.2, 0) is 0 Å². The second kappa shape index (κ2) is 3.70. The van der Waals surface area contributed by atoms with Gasteiger partial charge in [0, 0.05) is 17.4 Å². The van der Waals surface area contributed by atoms with Crippen LogP contribution >= 0.6 is 11.3 Å². The molecular formula is C13H13NS. The first-order valence-corrected chi connectivity index (χ1v) is 6.17. The van der Waals surface area contributed by atoms with Gasteiger partial charge in [0.25, 0.3) is 0 Å². The van der Waals surface area contributed by atoms with Gasteiger partial charge < -0.3 is 4.90 Å². The van der Waals surface area contributed by atoms with Crippen LogP contribution in [0.1, 0.15) is 12.8 Å². The van der Waals surface area contributed by atoms with Gasteiger partial charge >= 0.3 is 0 Å². The van der Waals surface area contributed by atoms with E-state index in [4.69, 9.17) is 0 Å². The predicted molar refractivity (Wildman–Crippen MR) is 67.5 cm³/mol. The maximum atomic E-state index is 2.36. The van der Waals surface area contributed by atoms with E-state index >= 15 is 0 Å². The Kier molecular flexibility index (Phi) is 2.22. The number of rotatable bonds is 1. The van der Waals surface area contributed by atoms with Crippen LogP contribution in [0.4, 0.5) is 5.00 Å². The molecule has 2 heteroatoms. The van der Waals surface area contributed by atoms with Crippen LogP contribution in [0.3, 0.4) is 0 Å². The van der Waals surface area contributed by atoms with Gasteiger partial charge in [-0.2, -0.15) is 0 Å². The summed E-state index contributed by atoms with van der Waals surface area (Å²) in [5.74, 6) is 0. The van der Waals surface area contributed by atoms with Crippen LogP contribution in [0.2, 0.25) is 0 Å². The van der Waals surface area contributed by atoms with E-state index in [1.807, 2.05) is 11.3 Å². The fraction of sp³-hybridized carbons (Fsp3) is 0.231. The molecule has 0 saturated carbocycles. The summed E-state index contributed by atoms with van der Waals surface area (Å²) in [7, 11) is 0. The summed E-state index contributed by atoms with van der Waals surface area (Å²) in [6, 6.07) is 10.9. The molecule has 0 amide bonds. The Morgan fingerprint density at radius 2 is 2.13 bits per heavy atom. The van der Waals surface area contributed by atoms with Crippen molar-refractivity contribution in [1.29, 1.82) is 0 Å². The standard InChI is InChI=1S/C13H13NS/c1-4-8-14(9-5-1)13-10-11-6-2-3-7-12(11)15-13/h2-4,6-8,10H,1,5,9H2. The first-order chi connectivity index (χ1) is 7.43. The summed E-state index contributed by atoms with van der Waals surface area (Å²) >= 11 is 1.88. The van der Waals surface area contributed by atoms with Gasteiger partial charge in [-0.05, 0) is 30.4 Å². The summed E-state index contributed by atoms with van der Waals surface area (Å²) in [5.41, 5.74) is 0. The monoisotopic (exact) mass is 215 g/mol. The van der Waals surface area contributed by atoms with Crippen molar-refractivity contribution in [2.75, 3.05) is 11.4 Å². The maximum Gasteiger partial charge on any atom is 0.0960 e. The van der Waals surface area contributed by atoms with Gasteiger partial charge in [-0.25, -0.2) is 0 Å². The predicted octanol–water partition coefficient (Wildman–Crippen LogP) is 4.02. The fourth-order valence-electron chi connectivity index (χ4n) is 1.95. The van der Waals surface area contributed by atoms with Gasteiger partial charge in [0.15, 0.2) is 0 Å². The van der Waals surface area contributed by atoms with Crippen LogP contribution in [0.25, 0.3) is 10.1 Å². The lowest BCUT2D eigenvalue weighted by Crippen LogP contribution is -2.18. The van der Waals surface area contributed by atoms with E-state index in [1.54, 1.807) is 0 Å². The molecule has 1 aromatic carbocycles. The van der Waals surface area contributed by atoms with Crippen LogP contribution in [-0.4, -0.2) is 6.54 Å². The third kappa shape index (κ3) is 1.65. The fourth-order valence-corrected chi connectivity index (χ4v) is 3.02. The molecule has 15 heavy (non-hydrogen) atoms. The Balaban J connectivity index is 2.03. The highest BCUT2D eigenvalue weighted by Gasteiger charge is 2.09. The van der Waals surface area contributed by atoms with Gasteiger partial charge in [-0.3, -0.25) is 0 Å². The Hall–Kier alpha value is -1.28. The van der Waals surface area contributed by atoms with E-state index in [9.17, 15) is 0 Å². The molecule has 0 spiro atoms. The zero-order chi connectivity index (χ0) is 10.1. The highest BCUT2D eigenvalue weighted by molar-refractivity contribution is 7.22. The number of thiophene rings is 1. The van der Waals surface area contributed by atoms with Crippen LogP contribution < -0.4 is 4.90 Å². The molecule has 0 bridgehead atoms. The molecule has 0 saturated heterocycles. The number of fused-ring (bicyclic) bond motifs is 1. The largest absolute Gasteiger partial charge is 0.340 e. The van der Waals surface area contributed by atoms with Gasteiger partial charge in [0.2, 0.25) is 0 Å². The molecule has 0 unspecified atom stereocenters. The lowest BCUT2D eigenvalue weighted by Gasteiger charge is -2.21. The number of anilines is 1.